The van der Waals surface area contributed by atoms with Gasteiger partial charge in [-0.05, 0) is 24.3 Å². The first-order valence-corrected chi connectivity index (χ1v) is 6.78. The molecule has 0 unspecified atom stereocenters. The lowest BCUT2D eigenvalue weighted by Crippen LogP contribution is -2.38. The molecular formula is C16H27N. The van der Waals surface area contributed by atoms with E-state index in [-0.39, 0.29) is 0 Å². The maximum atomic E-state index is 2.60. The van der Waals surface area contributed by atoms with Crippen molar-refractivity contribution in [1.29, 1.82) is 0 Å². The molecule has 0 aliphatic carbocycles. The average molecular weight is 233 g/mol. The molecule has 1 aromatic rings. The maximum absolute atomic E-state index is 2.60. The van der Waals surface area contributed by atoms with E-state index in [1.165, 1.54) is 12.1 Å². The molecule has 1 rings (SSSR count). The van der Waals surface area contributed by atoms with Crippen LogP contribution in [0, 0.1) is 11.8 Å². The molecule has 96 valence electrons. The minimum Gasteiger partial charge on any atom is -0.296 e. The third kappa shape index (κ3) is 4.91. The van der Waals surface area contributed by atoms with Crippen LogP contribution < -0.4 is 0 Å². The Morgan fingerprint density at radius 3 is 2.00 bits per heavy atom. The Hall–Kier alpha value is -0.820. The van der Waals surface area contributed by atoms with Gasteiger partial charge in [0.1, 0.15) is 0 Å². The van der Waals surface area contributed by atoms with Gasteiger partial charge < -0.3 is 0 Å². The molecule has 0 spiro atoms. The van der Waals surface area contributed by atoms with Crippen molar-refractivity contribution in [1.82, 2.24) is 4.90 Å². The van der Waals surface area contributed by atoms with Gasteiger partial charge in [0.05, 0.1) is 0 Å². The van der Waals surface area contributed by atoms with Gasteiger partial charge in [-0.25, -0.2) is 0 Å². The highest BCUT2D eigenvalue weighted by molar-refractivity contribution is 5.14. The zero-order valence-electron chi connectivity index (χ0n) is 12.0. The molecule has 0 heterocycles. The molecule has 0 radical (unpaired) electrons. The van der Waals surface area contributed by atoms with Crippen molar-refractivity contribution in [2.45, 2.75) is 47.2 Å². The van der Waals surface area contributed by atoms with Crippen LogP contribution in [0.5, 0.6) is 0 Å². The molecule has 0 N–H and O–H groups in total. The van der Waals surface area contributed by atoms with Crippen LogP contribution in [-0.4, -0.2) is 17.5 Å². The van der Waals surface area contributed by atoms with Gasteiger partial charge in [0.2, 0.25) is 0 Å². The topological polar surface area (TPSA) is 3.24 Å². The monoisotopic (exact) mass is 233 g/mol. The Bertz CT molecular complexity index is 303. The third-order valence-corrected chi connectivity index (χ3v) is 3.37. The van der Waals surface area contributed by atoms with Crippen LogP contribution in [0.3, 0.4) is 0 Å². The normalized spacial score (nSPS) is 13.6. The standard InChI is InChI=1S/C16H27N/c1-13(2)11-17(15(5)14(3)4)12-16-9-7-6-8-10-16/h6-10,13-15H,11-12H2,1-5H3/t15-/m1/s1. The van der Waals surface area contributed by atoms with E-state index in [1.807, 2.05) is 0 Å². The first-order valence-electron chi connectivity index (χ1n) is 6.78. The molecular weight excluding hydrogens is 206 g/mol. The Morgan fingerprint density at radius 2 is 1.53 bits per heavy atom. The highest BCUT2D eigenvalue weighted by Gasteiger charge is 2.18. The summed E-state index contributed by atoms with van der Waals surface area (Å²) in [5.74, 6) is 1.43. The highest BCUT2D eigenvalue weighted by Crippen LogP contribution is 2.16. The van der Waals surface area contributed by atoms with Crippen molar-refractivity contribution >= 4 is 0 Å². The largest absolute Gasteiger partial charge is 0.296 e. The fourth-order valence-electron chi connectivity index (χ4n) is 2.08. The van der Waals surface area contributed by atoms with Crippen molar-refractivity contribution in [2.75, 3.05) is 6.54 Å². The van der Waals surface area contributed by atoms with Crippen LogP contribution in [0.2, 0.25) is 0 Å². The fraction of sp³-hybridized carbons (Fsp3) is 0.625. The molecule has 0 aliphatic heterocycles. The quantitative estimate of drug-likeness (QED) is 0.712. The summed E-state index contributed by atoms with van der Waals surface area (Å²) in [5.41, 5.74) is 1.42. The molecule has 0 saturated carbocycles. The van der Waals surface area contributed by atoms with E-state index in [0.29, 0.717) is 12.0 Å². The lowest BCUT2D eigenvalue weighted by Gasteiger charge is -2.33. The zero-order chi connectivity index (χ0) is 12.8. The van der Waals surface area contributed by atoms with Crippen LogP contribution >= 0.6 is 0 Å². The van der Waals surface area contributed by atoms with E-state index in [4.69, 9.17) is 0 Å². The first-order chi connectivity index (χ1) is 8.00. The van der Waals surface area contributed by atoms with Gasteiger partial charge in [0.15, 0.2) is 0 Å². The third-order valence-electron chi connectivity index (χ3n) is 3.37. The molecule has 1 nitrogen and oxygen atoms in total. The zero-order valence-corrected chi connectivity index (χ0v) is 12.0. The summed E-state index contributed by atoms with van der Waals surface area (Å²) in [6.07, 6.45) is 0. The molecule has 1 atom stereocenters. The van der Waals surface area contributed by atoms with Crippen molar-refractivity contribution in [3.05, 3.63) is 35.9 Å². The number of hydrogen-bond donors (Lipinski definition) is 0. The fourth-order valence-corrected chi connectivity index (χ4v) is 2.08. The van der Waals surface area contributed by atoms with E-state index in [2.05, 4.69) is 69.9 Å². The van der Waals surface area contributed by atoms with E-state index >= 15 is 0 Å². The molecule has 0 aliphatic rings. The molecule has 0 amide bonds. The summed E-state index contributed by atoms with van der Waals surface area (Å²) < 4.78 is 0. The van der Waals surface area contributed by atoms with E-state index in [1.54, 1.807) is 0 Å². The summed E-state index contributed by atoms with van der Waals surface area (Å²) >= 11 is 0. The minimum absolute atomic E-state index is 0.637. The average Bonchev–Trinajstić information content (AvgIpc) is 2.28. The van der Waals surface area contributed by atoms with Gasteiger partial charge in [-0.15, -0.1) is 0 Å². The van der Waals surface area contributed by atoms with Crippen molar-refractivity contribution in [2.24, 2.45) is 11.8 Å². The molecule has 1 heteroatoms. The first kappa shape index (κ1) is 14.2. The van der Waals surface area contributed by atoms with E-state index in [9.17, 15) is 0 Å². The second-order valence-electron chi connectivity index (χ2n) is 5.79. The Morgan fingerprint density at radius 1 is 0.941 bits per heavy atom. The maximum Gasteiger partial charge on any atom is 0.0236 e. The summed E-state index contributed by atoms with van der Waals surface area (Å²) in [7, 11) is 0. The Labute approximate surface area is 107 Å². The highest BCUT2D eigenvalue weighted by atomic mass is 15.2. The van der Waals surface area contributed by atoms with Gasteiger partial charge in [-0.2, -0.15) is 0 Å². The van der Waals surface area contributed by atoms with Crippen molar-refractivity contribution in [3.8, 4) is 0 Å². The summed E-state index contributed by atoms with van der Waals surface area (Å²) in [6.45, 7) is 13.8. The van der Waals surface area contributed by atoms with Crippen LogP contribution in [0.1, 0.15) is 40.2 Å². The number of nitrogens with zero attached hydrogens (tertiary/aromatic N) is 1. The number of rotatable bonds is 6. The van der Waals surface area contributed by atoms with Gasteiger partial charge in [0.25, 0.3) is 0 Å². The van der Waals surface area contributed by atoms with Gasteiger partial charge in [-0.1, -0.05) is 58.0 Å². The lowest BCUT2D eigenvalue weighted by atomic mass is 10.0. The molecule has 0 aromatic heterocycles. The van der Waals surface area contributed by atoms with E-state index < -0.39 is 0 Å². The van der Waals surface area contributed by atoms with E-state index in [0.717, 1.165) is 12.5 Å². The minimum atomic E-state index is 0.637. The summed E-state index contributed by atoms with van der Waals surface area (Å²) in [6, 6.07) is 11.4. The van der Waals surface area contributed by atoms with Gasteiger partial charge in [-0.3, -0.25) is 4.90 Å². The van der Waals surface area contributed by atoms with Crippen LogP contribution in [0.15, 0.2) is 30.3 Å². The molecule has 17 heavy (non-hydrogen) atoms. The van der Waals surface area contributed by atoms with Gasteiger partial charge in [0, 0.05) is 19.1 Å². The van der Waals surface area contributed by atoms with Gasteiger partial charge >= 0.3 is 0 Å². The summed E-state index contributed by atoms with van der Waals surface area (Å²) in [5, 5.41) is 0. The van der Waals surface area contributed by atoms with Crippen molar-refractivity contribution < 1.29 is 0 Å². The molecule has 0 bridgehead atoms. The lowest BCUT2D eigenvalue weighted by molar-refractivity contribution is 0.142. The predicted octanol–water partition coefficient (Wildman–Crippen LogP) is 4.19. The predicted molar refractivity (Wildman–Crippen MR) is 76.0 cm³/mol. The van der Waals surface area contributed by atoms with Crippen LogP contribution in [0.25, 0.3) is 0 Å². The SMILES string of the molecule is CC(C)CN(Cc1ccccc1)[C@H](C)C(C)C. The molecule has 0 fully saturated rings. The van der Waals surface area contributed by atoms with Crippen LogP contribution in [-0.2, 0) is 6.54 Å². The van der Waals surface area contributed by atoms with Crippen molar-refractivity contribution in [3.63, 3.8) is 0 Å². The van der Waals surface area contributed by atoms with Crippen LogP contribution in [0.4, 0.5) is 0 Å². The Balaban J connectivity index is 2.70. The number of benzene rings is 1. The number of hydrogen-bond acceptors (Lipinski definition) is 1. The molecule has 0 saturated heterocycles. The Kier molecular flexibility index (Phi) is 5.70. The summed E-state index contributed by atoms with van der Waals surface area (Å²) in [4.78, 5) is 2.60. The second kappa shape index (κ2) is 6.80. The molecule has 1 aromatic carbocycles. The second-order valence-corrected chi connectivity index (χ2v) is 5.79. The smallest absolute Gasteiger partial charge is 0.0236 e.